The number of benzene rings is 1. The first-order valence-corrected chi connectivity index (χ1v) is 16.7. The first-order chi connectivity index (χ1) is 19.9. The van der Waals surface area contributed by atoms with Crippen LogP contribution in [0.2, 0.25) is 0 Å². The molecular formula is C26H37N5O9S2. The van der Waals surface area contributed by atoms with E-state index in [4.69, 9.17) is 14.2 Å². The van der Waals surface area contributed by atoms with E-state index in [9.17, 15) is 26.7 Å². The van der Waals surface area contributed by atoms with E-state index < -0.39 is 37.3 Å². The number of rotatable bonds is 10. The number of aromatic nitrogens is 1. The lowest BCUT2D eigenvalue weighted by atomic mass is 9.88. The van der Waals surface area contributed by atoms with Crippen LogP contribution in [0.25, 0.3) is 0 Å². The molecule has 1 unspecified atom stereocenters. The quantitative estimate of drug-likeness (QED) is 0.266. The summed E-state index contributed by atoms with van der Waals surface area (Å²) in [7, 11) is -4.48. The van der Waals surface area contributed by atoms with Crippen molar-refractivity contribution in [2.24, 2.45) is 0 Å². The van der Waals surface area contributed by atoms with Crippen molar-refractivity contribution in [3.8, 4) is 11.6 Å². The summed E-state index contributed by atoms with van der Waals surface area (Å²) in [5.41, 5.74) is -0.659. The number of pyridine rings is 1. The minimum atomic E-state index is -4.02. The van der Waals surface area contributed by atoms with Gasteiger partial charge in [-0.05, 0) is 44.5 Å². The van der Waals surface area contributed by atoms with Crippen molar-refractivity contribution >= 4 is 25.7 Å². The number of anilines is 1. The molecule has 4 heterocycles. The number of fused-ring (bicyclic) bond motifs is 1. The fourth-order valence-corrected chi connectivity index (χ4v) is 7.73. The second-order valence-corrected chi connectivity index (χ2v) is 14.6. The van der Waals surface area contributed by atoms with E-state index in [-0.39, 0.29) is 48.0 Å². The van der Waals surface area contributed by atoms with Crippen LogP contribution in [-0.2, 0) is 24.8 Å². The van der Waals surface area contributed by atoms with Gasteiger partial charge in [-0.1, -0.05) is 6.07 Å². The van der Waals surface area contributed by atoms with Crippen LogP contribution in [-0.4, -0.2) is 109 Å². The lowest BCUT2D eigenvalue weighted by Crippen LogP contribution is -2.48. The molecule has 16 heteroatoms. The highest BCUT2D eigenvalue weighted by atomic mass is 32.2. The maximum atomic E-state index is 13.4. The van der Waals surface area contributed by atoms with Gasteiger partial charge in [0, 0.05) is 38.8 Å². The number of likely N-dealkylation sites (N-methyl/N-ethyl adjacent to an activating group) is 1. The molecule has 0 radical (unpaired) electrons. The number of aliphatic hydroxyl groups excluding tert-OH is 1. The zero-order chi connectivity index (χ0) is 30.1. The molecule has 232 valence electrons. The Balaban J connectivity index is 1.11. The molecule has 5 rings (SSSR count). The van der Waals surface area contributed by atoms with Crippen molar-refractivity contribution in [3.63, 3.8) is 0 Å². The normalized spacial score (nSPS) is 21.6. The summed E-state index contributed by atoms with van der Waals surface area (Å²) in [6.45, 7) is 2.04. The van der Waals surface area contributed by atoms with Gasteiger partial charge in [0.2, 0.25) is 25.9 Å². The van der Waals surface area contributed by atoms with Gasteiger partial charge in [-0.3, -0.25) is 9.78 Å². The molecule has 0 aliphatic carbocycles. The summed E-state index contributed by atoms with van der Waals surface area (Å²) in [6.07, 6.45) is 0.763. The predicted octanol–water partition coefficient (Wildman–Crippen LogP) is -0.547. The van der Waals surface area contributed by atoms with Gasteiger partial charge in [-0.15, -0.1) is 0 Å². The number of ether oxygens (including phenoxy) is 3. The third-order valence-electron chi connectivity index (χ3n) is 7.97. The van der Waals surface area contributed by atoms with Crippen molar-refractivity contribution < 1.29 is 36.2 Å². The number of H-pyrrole nitrogens is 1. The zero-order valence-electron chi connectivity index (χ0n) is 23.5. The standard InChI is InChI=1S/C26H37N5O9S2/c1-27-41(34,35)21-5-3-4-20(12-21)39-17-19(32)15-28-18-14-26(40-16-18)6-8-31(9-7-26)42(36,37)23-13-22-25(29-24(23)33)38-11-10-30(22)2/h3-5,12-13,18-19,27-28,32H,6-11,14-17H2,1-2H3,(H,29,33)/t18-,19?/m1/s1. The highest BCUT2D eigenvalue weighted by molar-refractivity contribution is 7.89. The molecule has 1 spiro atoms. The van der Waals surface area contributed by atoms with Crippen molar-refractivity contribution in [2.45, 2.75) is 46.8 Å². The SMILES string of the molecule is CNS(=O)(=O)c1cccc(OCC(O)CN[C@H]2COC3(CCN(S(=O)(=O)c4cc5c([nH]c4=O)OCCN5C)CC3)C2)c1. The number of hydrogen-bond donors (Lipinski definition) is 4. The van der Waals surface area contributed by atoms with Gasteiger partial charge in [0.05, 0.1) is 29.3 Å². The number of piperidine rings is 1. The molecule has 2 saturated heterocycles. The third-order valence-corrected chi connectivity index (χ3v) is 11.3. The van der Waals surface area contributed by atoms with Gasteiger partial charge >= 0.3 is 0 Å². The summed E-state index contributed by atoms with van der Waals surface area (Å²) < 4.78 is 71.6. The fraction of sp³-hybridized carbons (Fsp3) is 0.577. The Morgan fingerprint density at radius 1 is 1.19 bits per heavy atom. The maximum Gasteiger partial charge on any atom is 0.271 e. The second-order valence-electron chi connectivity index (χ2n) is 10.8. The number of nitrogens with one attached hydrogen (secondary N) is 3. The zero-order valence-corrected chi connectivity index (χ0v) is 25.2. The third kappa shape index (κ3) is 6.44. The Morgan fingerprint density at radius 2 is 1.95 bits per heavy atom. The van der Waals surface area contributed by atoms with E-state index in [0.29, 0.717) is 50.5 Å². The van der Waals surface area contributed by atoms with Crippen LogP contribution in [0.1, 0.15) is 19.3 Å². The molecule has 2 fully saturated rings. The van der Waals surface area contributed by atoms with Crippen molar-refractivity contribution in [3.05, 3.63) is 40.7 Å². The van der Waals surface area contributed by atoms with Crippen molar-refractivity contribution in [1.82, 2.24) is 19.3 Å². The van der Waals surface area contributed by atoms with Crippen LogP contribution in [0, 0.1) is 0 Å². The average molecular weight is 628 g/mol. The number of aromatic amines is 1. The van der Waals surface area contributed by atoms with Gasteiger partial charge in [0.15, 0.2) is 0 Å². The molecule has 1 aromatic heterocycles. The van der Waals surface area contributed by atoms with Crippen LogP contribution in [0.15, 0.2) is 44.9 Å². The summed E-state index contributed by atoms with van der Waals surface area (Å²) in [6, 6.07) is 7.37. The molecule has 3 aliphatic rings. The Labute approximate surface area is 245 Å². The molecule has 42 heavy (non-hydrogen) atoms. The fourth-order valence-electron chi connectivity index (χ4n) is 5.47. The predicted molar refractivity (Wildman–Crippen MR) is 153 cm³/mol. The Morgan fingerprint density at radius 3 is 2.69 bits per heavy atom. The molecule has 0 amide bonds. The van der Waals surface area contributed by atoms with Crippen LogP contribution in [0.5, 0.6) is 11.6 Å². The Hall–Kier alpha value is -2.73. The number of nitrogens with zero attached hydrogens (tertiary/aromatic N) is 2. The van der Waals surface area contributed by atoms with E-state index in [2.05, 4.69) is 15.0 Å². The van der Waals surface area contributed by atoms with Gasteiger partial charge in [-0.25, -0.2) is 21.6 Å². The average Bonchev–Trinajstić information content (AvgIpc) is 3.37. The van der Waals surface area contributed by atoms with Crippen molar-refractivity contribution in [1.29, 1.82) is 0 Å². The number of aliphatic hydroxyl groups is 1. The number of hydrogen-bond acceptors (Lipinski definition) is 11. The van der Waals surface area contributed by atoms with E-state index in [1.54, 1.807) is 12.1 Å². The lowest BCUT2D eigenvalue weighted by molar-refractivity contribution is -0.0312. The largest absolute Gasteiger partial charge is 0.491 e. The summed E-state index contributed by atoms with van der Waals surface area (Å²) in [5.74, 6) is 0.599. The molecule has 3 aliphatic heterocycles. The van der Waals surface area contributed by atoms with Gasteiger partial charge in [0.1, 0.15) is 30.0 Å². The Kier molecular flexibility index (Phi) is 8.85. The molecule has 4 N–H and O–H groups in total. The summed E-state index contributed by atoms with van der Waals surface area (Å²) in [5, 5.41) is 13.7. The van der Waals surface area contributed by atoms with Gasteiger partial charge in [-0.2, -0.15) is 4.31 Å². The second kappa shape index (κ2) is 12.1. The summed E-state index contributed by atoms with van der Waals surface area (Å²) in [4.78, 5) is 16.8. The minimum Gasteiger partial charge on any atom is -0.491 e. The van der Waals surface area contributed by atoms with Crippen LogP contribution in [0.4, 0.5) is 5.69 Å². The first-order valence-electron chi connectivity index (χ1n) is 13.8. The highest BCUT2D eigenvalue weighted by Crippen LogP contribution is 2.38. The molecule has 0 saturated carbocycles. The molecule has 0 bridgehead atoms. The van der Waals surface area contributed by atoms with Crippen LogP contribution in [0.3, 0.4) is 0 Å². The molecule has 14 nitrogen and oxygen atoms in total. The molecule has 2 atom stereocenters. The van der Waals surface area contributed by atoms with Crippen LogP contribution < -0.4 is 30.0 Å². The molecule has 1 aromatic carbocycles. The van der Waals surface area contributed by atoms with E-state index in [0.717, 1.165) is 0 Å². The van der Waals surface area contributed by atoms with E-state index in [1.807, 2.05) is 11.9 Å². The van der Waals surface area contributed by atoms with E-state index >= 15 is 0 Å². The number of sulfonamides is 2. The molecule has 2 aromatic rings. The highest BCUT2D eigenvalue weighted by Gasteiger charge is 2.45. The molecular weight excluding hydrogens is 590 g/mol. The van der Waals surface area contributed by atoms with Gasteiger partial charge in [0.25, 0.3) is 5.56 Å². The van der Waals surface area contributed by atoms with Gasteiger partial charge < -0.3 is 29.5 Å². The lowest BCUT2D eigenvalue weighted by Gasteiger charge is -2.38. The smallest absolute Gasteiger partial charge is 0.271 e. The van der Waals surface area contributed by atoms with Crippen LogP contribution >= 0.6 is 0 Å². The Bertz CT molecular complexity index is 1560. The maximum absolute atomic E-state index is 13.4. The first kappa shape index (κ1) is 30.7. The van der Waals surface area contributed by atoms with Crippen molar-refractivity contribution in [2.75, 3.05) is 65.0 Å². The summed E-state index contributed by atoms with van der Waals surface area (Å²) >= 11 is 0. The topological polar surface area (TPSA) is 180 Å². The monoisotopic (exact) mass is 627 g/mol. The van der Waals surface area contributed by atoms with E-state index in [1.165, 1.54) is 29.6 Å². The minimum absolute atomic E-state index is 0.0362.